The number of benzene rings is 2. The van der Waals surface area contributed by atoms with Gasteiger partial charge < -0.3 is 15.0 Å². The molecule has 0 spiro atoms. The van der Waals surface area contributed by atoms with E-state index in [2.05, 4.69) is 61.6 Å². The van der Waals surface area contributed by atoms with Crippen LogP contribution in [0.3, 0.4) is 0 Å². The van der Waals surface area contributed by atoms with Gasteiger partial charge >= 0.3 is 0 Å². The Morgan fingerprint density at radius 3 is 2.59 bits per heavy atom. The Hall–Kier alpha value is -2.79. The molecule has 0 bridgehead atoms. The molecular weight excluding hydrogens is 378 g/mol. The molecule has 5 heteroatoms. The quantitative estimate of drug-likeness (QED) is 0.573. The molecule has 1 aliphatic carbocycles. The molecule has 3 aromatic rings. The van der Waals surface area contributed by atoms with E-state index >= 15 is 0 Å². The lowest BCUT2D eigenvalue weighted by Crippen LogP contribution is -2.36. The molecule has 0 radical (unpaired) electrons. The lowest BCUT2D eigenvalue weighted by molar-refractivity contribution is 0.473. The van der Waals surface area contributed by atoms with E-state index in [-0.39, 0.29) is 5.75 Å². The highest BCUT2D eigenvalue weighted by molar-refractivity contribution is 7.80. The molecule has 0 amide bonds. The number of phenolic OH excluding ortho intramolecular Hbond substituents is 1. The number of anilines is 1. The number of aromatic nitrogens is 1. The predicted octanol–water partition coefficient (Wildman–Crippen LogP) is 5.36. The molecule has 1 aliphatic rings. The average molecular weight is 406 g/mol. The normalized spacial score (nSPS) is 13.5. The fourth-order valence-corrected chi connectivity index (χ4v) is 4.18. The van der Waals surface area contributed by atoms with Gasteiger partial charge in [-0.25, -0.2) is 0 Å². The summed E-state index contributed by atoms with van der Waals surface area (Å²) in [5.74, 6) is 0.814. The molecule has 150 valence electrons. The van der Waals surface area contributed by atoms with Crippen LogP contribution >= 0.6 is 12.2 Å². The zero-order chi connectivity index (χ0) is 20.9. The fraction of sp³-hybridized carbons (Fsp3) is 0.292. The van der Waals surface area contributed by atoms with Crippen molar-refractivity contribution < 1.29 is 5.11 Å². The van der Waals surface area contributed by atoms with E-state index in [1.54, 1.807) is 13.1 Å². The first-order valence-electron chi connectivity index (χ1n) is 9.93. The van der Waals surface area contributed by atoms with Gasteiger partial charge in [-0.3, -0.25) is 4.90 Å². The van der Waals surface area contributed by atoms with Crippen molar-refractivity contribution in [1.29, 1.82) is 0 Å². The van der Waals surface area contributed by atoms with Gasteiger partial charge in [0, 0.05) is 41.9 Å². The molecule has 2 aromatic carbocycles. The monoisotopic (exact) mass is 405 g/mol. The van der Waals surface area contributed by atoms with Crippen LogP contribution in [0.15, 0.2) is 43.0 Å². The molecule has 1 aromatic heterocycles. The van der Waals surface area contributed by atoms with Gasteiger partial charge in [0.05, 0.1) is 5.70 Å². The third-order valence-electron chi connectivity index (χ3n) is 6.12. The minimum atomic E-state index is 0.219. The number of hydrogen-bond acceptors (Lipinski definition) is 2. The summed E-state index contributed by atoms with van der Waals surface area (Å²) in [6.07, 6.45) is 2.41. The van der Waals surface area contributed by atoms with Gasteiger partial charge in [0.25, 0.3) is 0 Å². The molecule has 1 fully saturated rings. The first kappa shape index (κ1) is 19.5. The van der Waals surface area contributed by atoms with E-state index in [9.17, 15) is 5.11 Å². The SMILES string of the molecule is C=C(c1cc(C2CC2)ccc1O)N(C(=S)NC)c1ccc2c(c1)c(C)c(C)n2C. The minimum absolute atomic E-state index is 0.219. The first-order chi connectivity index (χ1) is 13.8. The van der Waals surface area contributed by atoms with E-state index in [0.717, 1.165) is 5.69 Å². The van der Waals surface area contributed by atoms with E-state index in [1.165, 1.54) is 40.6 Å². The Labute approximate surface area is 177 Å². The molecule has 29 heavy (non-hydrogen) atoms. The molecule has 4 nitrogen and oxygen atoms in total. The number of fused-ring (bicyclic) bond motifs is 1. The van der Waals surface area contributed by atoms with Gasteiger partial charge in [0.1, 0.15) is 5.75 Å². The summed E-state index contributed by atoms with van der Waals surface area (Å²) >= 11 is 5.63. The number of nitrogens with one attached hydrogen (secondary N) is 1. The van der Waals surface area contributed by atoms with Crippen molar-refractivity contribution in [2.75, 3.05) is 11.9 Å². The third kappa shape index (κ3) is 3.29. The second kappa shape index (κ2) is 7.23. The number of thiocarbonyl (C=S) groups is 1. The maximum absolute atomic E-state index is 10.6. The Kier molecular flexibility index (Phi) is 4.87. The van der Waals surface area contributed by atoms with Crippen LogP contribution in [0.5, 0.6) is 5.75 Å². The number of hydrogen-bond donors (Lipinski definition) is 2. The summed E-state index contributed by atoms with van der Waals surface area (Å²) < 4.78 is 2.20. The van der Waals surface area contributed by atoms with Crippen molar-refractivity contribution in [2.24, 2.45) is 7.05 Å². The van der Waals surface area contributed by atoms with Crippen LogP contribution in [0.25, 0.3) is 16.6 Å². The van der Waals surface area contributed by atoms with Crippen LogP contribution in [0.1, 0.15) is 41.1 Å². The van der Waals surface area contributed by atoms with Crippen LogP contribution < -0.4 is 10.2 Å². The van der Waals surface area contributed by atoms with Crippen molar-refractivity contribution in [1.82, 2.24) is 9.88 Å². The summed E-state index contributed by atoms with van der Waals surface area (Å²) in [4.78, 5) is 1.91. The lowest BCUT2D eigenvalue weighted by atomic mass is 10.0. The molecule has 4 rings (SSSR count). The van der Waals surface area contributed by atoms with Crippen LogP contribution in [0.2, 0.25) is 0 Å². The van der Waals surface area contributed by atoms with Gasteiger partial charge in [0.15, 0.2) is 5.11 Å². The largest absolute Gasteiger partial charge is 0.507 e. The lowest BCUT2D eigenvalue weighted by Gasteiger charge is -2.28. The topological polar surface area (TPSA) is 40.4 Å². The molecular formula is C24H27N3OS. The molecule has 0 aliphatic heterocycles. The van der Waals surface area contributed by atoms with Gasteiger partial charge in [-0.15, -0.1) is 0 Å². The predicted molar refractivity (Wildman–Crippen MR) is 126 cm³/mol. The van der Waals surface area contributed by atoms with Crippen molar-refractivity contribution in [3.05, 3.63) is 65.4 Å². The third-order valence-corrected chi connectivity index (χ3v) is 6.50. The number of aryl methyl sites for hydroxylation is 2. The molecule has 1 heterocycles. The van der Waals surface area contributed by atoms with Gasteiger partial charge in [-0.1, -0.05) is 12.6 Å². The maximum Gasteiger partial charge on any atom is 0.177 e. The van der Waals surface area contributed by atoms with Crippen LogP contribution in [-0.2, 0) is 7.05 Å². The van der Waals surface area contributed by atoms with Crippen molar-refractivity contribution in [3.63, 3.8) is 0 Å². The summed E-state index contributed by atoms with van der Waals surface area (Å²) in [6, 6.07) is 12.1. The van der Waals surface area contributed by atoms with E-state index in [1.807, 2.05) is 11.0 Å². The molecule has 2 N–H and O–H groups in total. The van der Waals surface area contributed by atoms with E-state index < -0.39 is 0 Å². The highest BCUT2D eigenvalue weighted by atomic mass is 32.1. The second-order valence-electron chi connectivity index (χ2n) is 7.86. The van der Waals surface area contributed by atoms with Gasteiger partial charge in [-0.05, 0) is 86.3 Å². The van der Waals surface area contributed by atoms with Crippen LogP contribution in [0, 0.1) is 13.8 Å². The zero-order valence-corrected chi connectivity index (χ0v) is 18.2. The maximum atomic E-state index is 10.6. The first-order valence-corrected chi connectivity index (χ1v) is 10.3. The standard InChI is InChI=1S/C24H27N3OS/c1-14-15(2)26(5)22-10-9-19(13-20(14)22)27(24(29)25-4)16(3)21-12-18(17-6-7-17)8-11-23(21)28/h8-13,17,28H,3,6-7H2,1-2,4-5H3,(H,25,29). The second-order valence-corrected chi connectivity index (χ2v) is 8.25. The summed E-state index contributed by atoms with van der Waals surface area (Å²) in [7, 11) is 3.89. The number of nitrogens with zero attached hydrogens (tertiary/aromatic N) is 2. The number of rotatable bonds is 4. The Balaban J connectivity index is 1.82. The smallest absolute Gasteiger partial charge is 0.177 e. The van der Waals surface area contributed by atoms with Crippen molar-refractivity contribution in [2.45, 2.75) is 32.6 Å². The average Bonchev–Trinajstić information content (AvgIpc) is 3.54. The Morgan fingerprint density at radius 1 is 1.21 bits per heavy atom. The van der Waals surface area contributed by atoms with E-state index in [4.69, 9.17) is 12.2 Å². The van der Waals surface area contributed by atoms with Gasteiger partial charge in [-0.2, -0.15) is 0 Å². The van der Waals surface area contributed by atoms with Crippen molar-refractivity contribution >= 4 is 39.6 Å². The number of phenols is 1. The Morgan fingerprint density at radius 2 is 1.93 bits per heavy atom. The van der Waals surface area contributed by atoms with Crippen LogP contribution in [0.4, 0.5) is 5.69 Å². The molecule has 0 saturated heterocycles. The van der Waals surface area contributed by atoms with Crippen LogP contribution in [-0.4, -0.2) is 21.8 Å². The number of aromatic hydroxyl groups is 1. The van der Waals surface area contributed by atoms with Crippen molar-refractivity contribution in [3.8, 4) is 5.75 Å². The molecule has 0 atom stereocenters. The summed E-state index contributed by atoms with van der Waals surface area (Å²) in [5, 5.41) is 15.4. The fourth-order valence-electron chi connectivity index (χ4n) is 3.97. The Bertz CT molecular complexity index is 1140. The summed E-state index contributed by atoms with van der Waals surface area (Å²) in [5.41, 5.74) is 7.23. The highest BCUT2D eigenvalue weighted by Crippen LogP contribution is 2.43. The van der Waals surface area contributed by atoms with Gasteiger partial charge in [0.2, 0.25) is 0 Å². The molecule has 0 unspecified atom stereocenters. The highest BCUT2D eigenvalue weighted by Gasteiger charge is 2.26. The minimum Gasteiger partial charge on any atom is -0.507 e. The van der Waals surface area contributed by atoms with E-state index in [0.29, 0.717) is 22.3 Å². The zero-order valence-electron chi connectivity index (χ0n) is 17.4. The summed E-state index contributed by atoms with van der Waals surface area (Å²) in [6.45, 7) is 8.58. The molecule has 1 saturated carbocycles.